The van der Waals surface area contributed by atoms with Gasteiger partial charge in [-0.3, -0.25) is 0 Å². The molecule has 0 saturated heterocycles. The van der Waals surface area contributed by atoms with Crippen molar-refractivity contribution in [2.75, 3.05) is 0 Å². The second kappa shape index (κ2) is 9.54. The van der Waals surface area contributed by atoms with Crippen LogP contribution in [0.3, 0.4) is 0 Å². The average Bonchev–Trinajstić information content (AvgIpc) is 2.42. The topological polar surface area (TPSA) is 0 Å². The highest BCUT2D eigenvalue weighted by Gasteiger charge is 2.04. The van der Waals surface area contributed by atoms with Gasteiger partial charge in [0.1, 0.15) is 0 Å². The molecule has 0 heterocycles. The fourth-order valence-corrected chi connectivity index (χ4v) is 1.97. The number of hydrogen-bond acceptors (Lipinski definition) is 0. The Balaban J connectivity index is 2.48. The van der Waals surface area contributed by atoms with Crippen LogP contribution in [-0.4, -0.2) is 0 Å². The van der Waals surface area contributed by atoms with Gasteiger partial charge in [-0.15, -0.1) is 12.5 Å². The van der Waals surface area contributed by atoms with Crippen molar-refractivity contribution in [1.82, 2.24) is 0 Å². The van der Waals surface area contributed by atoms with Gasteiger partial charge in [-0.25, -0.2) is 0 Å². The fraction of sp³-hybridized carbons (Fsp3) is 0.444. The number of allylic oxidation sites excluding steroid dienone is 1. The minimum Gasteiger partial charge on any atom is -0.103 e. The summed E-state index contributed by atoms with van der Waals surface area (Å²) in [7, 11) is 0. The standard InChI is InChI=1S/C18H24/c1-3-5-6-7-8-10-14-17(13-4-2)18-15-11-9-12-16-18/h4,9,11-12,15-17H,2-3,5-8,13H2,1H3. The highest BCUT2D eigenvalue weighted by Crippen LogP contribution is 2.18. The molecule has 0 aliphatic heterocycles. The summed E-state index contributed by atoms with van der Waals surface area (Å²) in [6.45, 7) is 6.06. The van der Waals surface area contributed by atoms with E-state index >= 15 is 0 Å². The molecule has 0 N–H and O–H groups in total. The lowest BCUT2D eigenvalue weighted by Crippen LogP contribution is -1.93. The summed E-state index contributed by atoms with van der Waals surface area (Å²) < 4.78 is 0. The Morgan fingerprint density at radius 3 is 2.61 bits per heavy atom. The van der Waals surface area contributed by atoms with Crippen LogP contribution in [0.4, 0.5) is 0 Å². The van der Waals surface area contributed by atoms with Gasteiger partial charge in [0.2, 0.25) is 0 Å². The van der Waals surface area contributed by atoms with E-state index in [0.717, 1.165) is 12.8 Å². The first-order chi connectivity index (χ1) is 8.88. The molecule has 1 aromatic rings. The Hall–Kier alpha value is -1.48. The van der Waals surface area contributed by atoms with E-state index in [0.29, 0.717) is 5.92 Å². The SMILES string of the molecule is C=CCC(C#CCCCCCC)c1ccccc1. The van der Waals surface area contributed by atoms with Gasteiger partial charge in [0, 0.05) is 12.3 Å². The Morgan fingerprint density at radius 1 is 1.17 bits per heavy atom. The second-order valence-corrected chi connectivity index (χ2v) is 4.62. The quantitative estimate of drug-likeness (QED) is 0.344. The molecule has 0 bridgehead atoms. The van der Waals surface area contributed by atoms with E-state index in [9.17, 15) is 0 Å². The maximum atomic E-state index is 3.83. The molecule has 96 valence electrons. The molecule has 18 heavy (non-hydrogen) atoms. The first-order valence-corrected chi connectivity index (χ1v) is 7.02. The molecule has 0 aliphatic rings. The zero-order chi connectivity index (χ0) is 13.1. The third-order valence-electron chi connectivity index (χ3n) is 3.04. The summed E-state index contributed by atoms with van der Waals surface area (Å²) >= 11 is 0. The van der Waals surface area contributed by atoms with Crippen LogP contribution in [0, 0.1) is 11.8 Å². The lowest BCUT2D eigenvalue weighted by Gasteiger charge is -2.07. The third kappa shape index (κ3) is 5.73. The molecular formula is C18H24. The van der Waals surface area contributed by atoms with Crippen LogP contribution in [0.2, 0.25) is 0 Å². The maximum Gasteiger partial charge on any atom is 0.0486 e. The van der Waals surface area contributed by atoms with Gasteiger partial charge >= 0.3 is 0 Å². The Labute approximate surface area is 112 Å². The van der Waals surface area contributed by atoms with E-state index in [1.807, 2.05) is 12.1 Å². The van der Waals surface area contributed by atoms with Crippen molar-refractivity contribution in [3.8, 4) is 11.8 Å². The zero-order valence-electron chi connectivity index (χ0n) is 11.5. The van der Waals surface area contributed by atoms with Crippen LogP contribution in [0.1, 0.15) is 56.9 Å². The predicted octanol–water partition coefficient (Wildman–Crippen LogP) is 5.32. The molecule has 1 aromatic carbocycles. The lowest BCUT2D eigenvalue weighted by molar-refractivity contribution is 0.679. The van der Waals surface area contributed by atoms with Gasteiger partial charge in [-0.1, -0.05) is 68.5 Å². The predicted molar refractivity (Wildman–Crippen MR) is 80.5 cm³/mol. The minimum absolute atomic E-state index is 0.315. The normalized spacial score (nSPS) is 11.4. The molecule has 0 aliphatic carbocycles. The average molecular weight is 240 g/mol. The van der Waals surface area contributed by atoms with Crippen molar-refractivity contribution in [1.29, 1.82) is 0 Å². The van der Waals surface area contributed by atoms with Crippen LogP contribution >= 0.6 is 0 Å². The van der Waals surface area contributed by atoms with Crippen LogP contribution in [0.15, 0.2) is 43.0 Å². The first kappa shape index (κ1) is 14.6. The van der Waals surface area contributed by atoms with Crippen molar-refractivity contribution in [2.24, 2.45) is 0 Å². The Morgan fingerprint density at radius 2 is 1.94 bits per heavy atom. The Bertz CT molecular complexity index is 377. The molecule has 1 atom stereocenters. The summed E-state index contributed by atoms with van der Waals surface area (Å²) in [4.78, 5) is 0. The van der Waals surface area contributed by atoms with E-state index in [4.69, 9.17) is 0 Å². The summed E-state index contributed by atoms with van der Waals surface area (Å²) in [6.07, 6.45) is 9.09. The van der Waals surface area contributed by atoms with Crippen LogP contribution in [-0.2, 0) is 0 Å². The molecule has 0 nitrogen and oxygen atoms in total. The summed E-state index contributed by atoms with van der Waals surface area (Å²) in [5, 5.41) is 0. The molecule has 0 amide bonds. The van der Waals surface area contributed by atoms with Crippen molar-refractivity contribution in [3.05, 3.63) is 48.6 Å². The van der Waals surface area contributed by atoms with Gasteiger partial charge in [0.25, 0.3) is 0 Å². The molecule has 0 spiro atoms. The molecule has 0 radical (unpaired) electrons. The molecule has 0 saturated carbocycles. The Kier molecular flexibility index (Phi) is 7.73. The number of unbranched alkanes of at least 4 members (excludes halogenated alkanes) is 4. The van der Waals surface area contributed by atoms with Crippen LogP contribution in [0.5, 0.6) is 0 Å². The van der Waals surface area contributed by atoms with Crippen LogP contribution < -0.4 is 0 Å². The number of benzene rings is 1. The van der Waals surface area contributed by atoms with Crippen molar-refractivity contribution >= 4 is 0 Å². The molecule has 0 aromatic heterocycles. The fourth-order valence-electron chi connectivity index (χ4n) is 1.97. The van der Waals surface area contributed by atoms with E-state index in [2.05, 4.69) is 49.6 Å². The van der Waals surface area contributed by atoms with Gasteiger partial charge in [0.15, 0.2) is 0 Å². The first-order valence-electron chi connectivity index (χ1n) is 7.02. The van der Waals surface area contributed by atoms with E-state index in [-0.39, 0.29) is 0 Å². The maximum absolute atomic E-state index is 3.83. The largest absolute Gasteiger partial charge is 0.103 e. The van der Waals surface area contributed by atoms with Gasteiger partial charge in [-0.05, 0) is 18.4 Å². The van der Waals surface area contributed by atoms with Gasteiger partial charge in [-0.2, -0.15) is 0 Å². The minimum atomic E-state index is 0.315. The van der Waals surface area contributed by atoms with Crippen molar-refractivity contribution < 1.29 is 0 Å². The molecule has 1 rings (SSSR count). The lowest BCUT2D eigenvalue weighted by atomic mass is 9.96. The smallest absolute Gasteiger partial charge is 0.0486 e. The van der Waals surface area contributed by atoms with E-state index < -0.39 is 0 Å². The highest BCUT2D eigenvalue weighted by molar-refractivity contribution is 5.28. The third-order valence-corrected chi connectivity index (χ3v) is 3.04. The van der Waals surface area contributed by atoms with Crippen molar-refractivity contribution in [3.63, 3.8) is 0 Å². The molecule has 0 heteroatoms. The summed E-state index contributed by atoms with van der Waals surface area (Å²) in [6, 6.07) is 10.5. The second-order valence-electron chi connectivity index (χ2n) is 4.62. The monoisotopic (exact) mass is 240 g/mol. The van der Waals surface area contributed by atoms with Crippen LogP contribution in [0.25, 0.3) is 0 Å². The highest BCUT2D eigenvalue weighted by atomic mass is 14.1. The summed E-state index contributed by atoms with van der Waals surface area (Å²) in [5.41, 5.74) is 1.30. The van der Waals surface area contributed by atoms with E-state index in [1.165, 1.54) is 31.2 Å². The summed E-state index contributed by atoms with van der Waals surface area (Å²) in [5.74, 6) is 7.04. The molecule has 1 unspecified atom stereocenters. The number of rotatable bonds is 7. The van der Waals surface area contributed by atoms with E-state index in [1.54, 1.807) is 0 Å². The number of hydrogen-bond donors (Lipinski definition) is 0. The van der Waals surface area contributed by atoms with Crippen molar-refractivity contribution in [2.45, 2.75) is 51.4 Å². The molecule has 0 fully saturated rings. The zero-order valence-corrected chi connectivity index (χ0v) is 11.5. The molecular weight excluding hydrogens is 216 g/mol. The van der Waals surface area contributed by atoms with Gasteiger partial charge < -0.3 is 0 Å². The van der Waals surface area contributed by atoms with Gasteiger partial charge in [0.05, 0.1) is 0 Å².